The second kappa shape index (κ2) is 6.61. The van der Waals surface area contributed by atoms with E-state index in [1.165, 1.54) is 25.7 Å². The van der Waals surface area contributed by atoms with Gasteiger partial charge in [0, 0.05) is 12.0 Å². The van der Waals surface area contributed by atoms with Gasteiger partial charge in [0.1, 0.15) is 0 Å². The van der Waals surface area contributed by atoms with Gasteiger partial charge in [-0.2, -0.15) is 0 Å². The third-order valence-corrected chi connectivity index (χ3v) is 3.04. The van der Waals surface area contributed by atoms with E-state index in [0.29, 0.717) is 11.7 Å². The molecule has 1 fully saturated rings. The third-order valence-electron chi connectivity index (χ3n) is 3.04. The minimum atomic E-state index is -8.55. The number of carbonyl (C=O) groups is 1. The summed E-state index contributed by atoms with van der Waals surface area (Å²) in [7, 11) is -8.55. The number of hydrogen-bond acceptors (Lipinski definition) is 1. The molecule has 2 rings (SSSR count). The fraction of sp³-hybridized carbons (Fsp3) is 0.462. The van der Waals surface area contributed by atoms with Crippen LogP contribution < -0.4 is 0 Å². The Morgan fingerprint density at radius 3 is 1.90 bits per heavy atom. The number of carbonyl (C=O) groups excluding carboxylic acids is 1. The first-order valence-corrected chi connectivity index (χ1v) is 7.98. The molecule has 0 atom stereocenters. The van der Waals surface area contributed by atoms with Crippen molar-refractivity contribution in [2.45, 2.75) is 32.1 Å². The van der Waals surface area contributed by atoms with E-state index in [9.17, 15) is 25.8 Å². The Hall–Kier alpha value is -1.03. The van der Waals surface area contributed by atoms with Crippen LogP contribution in [0.25, 0.3) is 0 Å². The van der Waals surface area contributed by atoms with Crippen LogP contribution in [0.5, 0.6) is 0 Å². The second-order valence-electron chi connectivity index (χ2n) is 4.78. The van der Waals surface area contributed by atoms with Crippen LogP contribution >= 0.6 is 8.16 Å². The maximum absolute atomic E-state index is 11.8. The summed E-state index contributed by atoms with van der Waals surface area (Å²) < 4.78 is 49.2. The molecule has 1 aromatic rings. The van der Waals surface area contributed by atoms with E-state index >= 15 is 0 Å². The molecule has 1 aliphatic carbocycles. The molecule has 114 valence electrons. The zero-order valence-electron chi connectivity index (χ0n) is 10.7. The van der Waals surface area contributed by atoms with Crippen molar-refractivity contribution in [1.29, 1.82) is 0 Å². The molecule has 0 saturated heterocycles. The van der Waals surface area contributed by atoms with Crippen LogP contribution in [0.1, 0.15) is 42.5 Å². The van der Waals surface area contributed by atoms with Crippen molar-refractivity contribution in [1.82, 2.24) is 0 Å². The Bertz CT molecular complexity index is 418. The third kappa shape index (κ3) is 8.97. The van der Waals surface area contributed by atoms with Crippen LogP contribution in [-0.2, 0) is 0 Å². The van der Waals surface area contributed by atoms with Crippen LogP contribution in [-0.4, -0.2) is 5.78 Å². The zero-order valence-corrected chi connectivity index (χ0v) is 11.6. The average Bonchev–Trinajstić information content (AvgIpc) is 2.79. The molecule has 0 radical (unpaired) electrons. The van der Waals surface area contributed by atoms with E-state index in [4.69, 9.17) is 0 Å². The van der Waals surface area contributed by atoms with Gasteiger partial charge < -0.3 is 0 Å². The fourth-order valence-electron chi connectivity index (χ4n) is 2.22. The van der Waals surface area contributed by atoms with Gasteiger partial charge in [-0.1, -0.05) is 56.0 Å². The van der Waals surface area contributed by atoms with Crippen LogP contribution in [0.15, 0.2) is 30.3 Å². The van der Waals surface area contributed by atoms with Crippen LogP contribution in [0.4, 0.5) is 21.0 Å². The first kappa shape index (κ1) is 17.0. The fourth-order valence-corrected chi connectivity index (χ4v) is 2.22. The summed E-state index contributed by atoms with van der Waals surface area (Å²) in [5, 5.41) is 0. The molecule has 1 aromatic carbocycles. The maximum atomic E-state index is 11.8. The van der Waals surface area contributed by atoms with E-state index in [2.05, 4.69) is 0 Å². The van der Waals surface area contributed by atoms with Gasteiger partial charge in [0.05, 0.1) is 0 Å². The predicted molar refractivity (Wildman–Crippen MR) is 69.8 cm³/mol. The molecule has 0 N–H and O–H groups in total. The Morgan fingerprint density at radius 1 is 1.00 bits per heavy atom. The Morgan fingerprint density at radius 2 is 1.45 bits per heavy atom. The number of hydrogen-bond donors (Lipinski definition) is 0. The van der Waals surface area contributed by atoms with E-state index in [0.717, 1.165) is 12.0 Å². The van der Waals surface area contributed by atoms with Crippen LogP contribution in [0.3, 0.4) is 0 Å². The van der Waals surface area contributed by atoms with E-state index in [-0.39, 0.29) is 0 Å². The smallest absolute Gasteiger partial charge is 0.163 e. The quantitative estimate of drug-likeness (QED) is 0.358. The van der Waals surface area contributed by atoms with Gasteiger partial charge in [-0.15, -0.1) is 0 Å². The van der Waals surface area contributed by atoms with Gasteiger partial charge in [-0.05, 0) is 5.92 Å². The summed E-state index contributed by atoms with van der Waals surface area (Å²) in [6, 6.07) is 9.64. The molecule has 0 amide bonds. The minimum absolute atomic E-state index is 0.317. The Labute approximate surface area is 114 Å². The van der Waals surface area contributed by atoms with Crippen LogP contribution in [0, 0.1) is 5.92 Å². The van der Waals surface area contributed by atoms with Crippen molar-refractivity contribution in [3.63, 3.8) is 0 Å². The Balaban J connectivity index is 0.000000286. The minimum Gasteiger partial charge on any atom is -0.294 e. The molecule has 0 unspecified atom stereocenters. The van der Waals surface area contributed by atoms with Crippen molar-refractivity contribution >= 4 is 13.9 Å². The first-order chi connectivity index (χ1) is 9.10. The number of rotatable bonds is 3. The van der Waals surface area contributed by atoms with Gasteiger partial charge in [-0.25, -0.2) is 0 Å². The molecule has 7 heteroatoms. The molecule has 0 spiro atoms. The molecule has 1 nitrogen and oxygen atoms in total. The summed E-state index contributed by atoms with van der Waals surface area (Å²) >= 11 is 0. The summed E-state index contributed by atoms with van der Waals surface area (Å²) in [6.07, 6.45) is 5.88. The number of benzene rings is 1. The molecule has 20 heavy (non-hydrogen) atoms. The largest absolute Gasteiger partial charge is 0.294 e. The molecule has 0 heterocycles. The molecule has 0 bridgehead atoms. The van der Waals surface area contributed by atoms with Crippen LogP contribution in [0.2, 0.25) is 0 Å². The van der Waals surface area contributed by atoms with Crippen molar-refractivity contribution in [2.24, 2.45) is 5.92 Å². The maximum Gasteiger partial charge on any atom is 0.163 e. The topological polar surface area (TPSA) is 17.1 Å². The molecular formula is C13H16F5OP. The Kier molecular flexibility index (Phi) is 5.63. The average molecular weight is 314 g/mol. The van der Waals surface area contributed by atoms with Crippen molar-refractivity contribution in [2.75, 3.05) is 0 Å². The molecule has 1 saturated carbocycles. The van der Waals surface area contributed by atoms with Crippen molar-refractivity contribution in [3.05, 3.63) is 35.9 Å². The monoisotopic (exact) mass is 314 g/mol. The standard InChI is InChI=1S/C13H16O.F5P/c14-13(10-11-6-4-5-7-11)12-8-2-1-3-9-12;1-6(2,3,4)5/h1-3,8-9,11H,4-7,10H2;. The normalized spacial score (nSPS) is 17.8. The summed E-state index contributed by atoms with van der Waals surface area (Å²) in [5.41, 5.74) is 0.874. The summed E-state index contributed by atoms with van der Waals surface area (Å²) in [6.45, 7) is 0. The summed E-state index contributed by atoms with van der Waals surface area (Å²) in [4.78, 5) is 11.8. The van der Waals surface area contributed by atoms with Crippen molar-refractivity contribution < 1.29 is 25.8 Å². The van der Waals surface area contributed by atoms with E-state index in [1.807, 2.05) is 30.3 Å². The summed E-state index contributed by atoms with van der Waals surface area (Å²) in [5.74, 6) is 0.972. The SMILES string of the molecule is FP(F)(F)(F)F.O=C(CC1CCCC1)c1ccccc1. The van der Waals surface area contributed by atoms with Gasteiger partial charge >= 0.3 is 29.1 Å². The van der Waals surface area contributed by atoms with E-state index < -0.39 is 8.16 Å². The van der Waals surface area contributed by atoms with Gasteiger partial charge in [0.2, 0.25) is 0 Å². The number of halogens is 5. The number of ketones is 1. The van der Waals surface area contributed by atoms with Gasteiger partial charge in [0.15, 0.2) is 5.78 Å². The molecule has 0 aliphatic heterocycles. The molecule has 0 aromatic heterocycles. The van der Waals surface area contributed by atoms with Gasteiger partial charge in [-0.3, -0.25) is 4.79 Å². The second-order valence-corrected chi connectivity index (χ2v) is 6.06. The molecular weight excluding hydrogens is 298 g/mol. The zero-order chi connectivity index (χ0) is 15.3. The van der Waals surface area contributed by atoms with Crippen molar-refractivity contribution in [3.8, 4) is 0 Å². The van der Waals surface area contributed by atoms with Gasteiger partial charge in [0.25, 0.3) is 0 Å². The number of Topliss-reactive ketones (excluding diaryl/α,β-unsaturated/α-hetero) is 1. The first-order valence-electron chi connectivity index (χ1n) is 6.29. The molecule has 1 aliphatic rings. The predicted octanol–water partition coefficient (Wildman–Crippen LogP) is 6.41. The van der Waals surface area contributed by atoms with E-state index in [1.54, 1.807) is 0 Å².